The minimum absolute atomic E-state index is 0.167. The van der Waals surface area contributed by atoms with E-state index in [2.05, 4.69) is 30.3 Å². The van der Waals surface area contributed by atoms with E-state index in [0.29, 0.717) is 11.7 Å². The van der Waals surface area contributed by atoms with Gasteiger partial charge in [-0.3, -0.25) is 4.79 Å². The number of hydrogen-bond donors (Lipinski definition) is 0. The summed E-state index contributed by atoms with van der Waals surface area (Å²) in [6.45, 7) is 3.99. The van der Waals surface area contributed by atoms with E-state index >= 15 is 0 Å². The second-order valence-corrected chi connectivity index (χ2v) is 8.36. The molecule has 21 heavy (non-hydrogen) atoms. The Morgan fingerprint density at radius 1 is 1.33 bits per heavy atom. The highest BCUT2D eigenvalue weighted by atomic mass is 32.2. The number of benzene rings is 1. The Morgan fingerprint density at radius 3 is 2.81 bits per heavy atom. The van der Waals surface area contributed by atoms with Gasteiger partial charge in [0.2, 0.25) is 0 Å². The lowest BCUT2D eigenvalue weighted by Crippen LogP contribution is -2.45. The zero-order valence-electron chi connectivity index (χ0n) is 12.7. The maximum Gasteiger partial charge on any atom is 0.158 e. The summed E-state index contributed by atoms with van der Waals surface area (Å²) in [5.74, 6) is 0.167. The second kappa shape index (κ2) is 5.18. The molecule has 0 bridgehead atoms. The van der Waals surface area contributed by atoms with E-state index in [1.807, 2.05) is 25.6 Å². The molecular formula is C18H21NOS. The number of hydrogen-bond acceptors (Lipinski definition) is 3. The van der Waals surface area contributed by atoms with Gasteiger partial charge in [-0.25, -0.2) is 0 Å². The average molecular weight is 299 g/mol. The fourth-order valence-corrected chi connectivity index (χ4v) is 5.26. The molecule has 1 aromatic carbocycles. The Bertz CT molecular complexity index is 591. The van der Waals surface area contributed by atoms with E-state index in [1.165, 1.54) is 10.5 Å². The predicted molar refractivity (Wildman–Crippen MR) is 85.1 cm³/mol. The number of ketones is 1. The Hall–Kier alpha value is -1.27. The number of nitrogens with zero attached hydrogens (tertiary/aromatic N) is 1. The third-order valence-corrected chi connectivity index (χ3v) is 6.28. The van der Waals surface area contributed by atoms with Crippen molar-refractivity contribution in [3.8, 4) is 6.07 Å². The molecule has 1 aliphatic carbocycles. The van der Waals surface area contributed by atoms with Gasteiger partial charge in [-0.15, -0.1) is 11.8 Å². The molecule has 0 saturated heterocycles. The van der Waals surface area contributed by atoms with Crippen LogP contribution in [0.2, 0.25) is 0 Å². The van der Waals surface area contributed by atoms with Gasteiger partial charge in [0, 0.05) is 15.6 Å². The summed E-state index contributed by atoms with van der Waals surface area (Å²) in [4.78, 5) is 14.1. The molecule has 0 radical (unpaired) electrons. The van der Waals surface area contributed by atoms with Crippen LogP contribution in [-0.2, 0) is 11.2 Å². The van der Waals surface area contributed by atoms with Gasteiger partial charge in [0.15, 0.2) is 5.78 Å². The minimum atomic E-state index is -0.762. The Balaban J connectivity index is 1.81. The van der Waals surface area contributed by atoms with Crippen LogP contribution in [0.1, 0.15) is 45.1 Å². The molecule has 3 rings (SSSR count). The first-order valence-corrected chi connectivity index (χ1v) is 8.56. The number of carbonyl (C=O) groups is 1. The standard InChI is InChI=1S/C18H21NOS/c1-17(2)8-5-9-18(12-19,16(17)20)11-14-10-13-6-3-4-7-15(13)21-14/h3-4,6-7,14H,5,8-11H2,1-2H3. The molecule has 1 saturated carbocycles. The molecule has 2 unspecified atom stereocenters. The Kier molecular flexibility index (Phi) is 3.61. The van der Waals surface area contributed by atoms with Gasteiger partial charge in [-0.05, 0) is 37.3 Å². The van der Waals surface area contributed by atoms with Crippen LogP contribution >= 0.6 is 11.8 Å². The van der Waals surface area contributed by atoms with Crippen molar-refractivity contribution in [3.05, 3.63) is 29.8 Å². The van der Waals surface area contributed by atoms with Crippen LogP contribution in [-0.4, -0.2) is 11.0 Å². The van der Waals surface area contributed by atoms with Gasteiger partial charge >= 0.3 is 0 Å². The summed E-state index contributed by atoms with van der Waals surface area (Å²) in [5, 5.41) is 10.1. The van der Waals surface area contributed by atoms with Crippen LogP contribution in [0.5, 0.6) is 0 Å². The Labute approximate surface area is 130 Å². The van der Waals surface area contributed by atoms with Crippen molar-refractivity contribution < 1.29 is 4.79 Å². The van der Waals surface area contributed by atoms with Crippen LogP contribution in [0.15, 0.2) is 29.2 Å². The molecule has 1 heterocycles. The fraction of sp³-hybridized carbons (Fsp3) is 0.556. The number of nitriles is 1. The summed E-state index contributed by atoms with van der Waals surface area (Å²) >= 11 is 1.84. The van der Waals surface area contributed by atoms with E-state index < -0.39 is 5.41 Å². The molecule has 0 spiro atoms. The quantitative estimate of drug-likeness (QED) is 0.813. The lowest BCUT2D eigenvalue weighted by molar-refractivity contribution is -0.138. The Morgan fingerprint density at radius 2 is 2.10 bits per heavy atom. The van der Waals surface area contributed by atoms with Crippen LogP contribution in [0, 0.1) is 22.2 Å². The van der Waals surface area contributed by atoms with Crippen LogP contribution in [0.25, 0.3) is 0 Å². The van der Waals surface area contributed by atoms with E-state index in [9.17, 15) is 10.1 Å². The van der Waals surface area contributed by atoms with Crippen LogP contribution < -0.4 is 0 Å². The largest absolute Gasteiger partial charge is 0.297 e. The predicted octanol–water partition coefficient (Wildman–Crippen LogP) is 4.38. The summed E-state index contributed by atoms with van der Waals surface area (Å²) in [7, 11) is 0. The molecule has 110 valence electrons. The van der Waals surface area contributed by atoms with E-state index in [-0.39, 0.29) is 11.2 Å². The average Bonchev–Trinajstić information content (AvgIpc) is 2.86. The first-order valence-electron chi connectivity index (χ1n) is 7.68. The molecule has 2 atom stereocenters. The lowest BCUT2D eigenvalue weighted by atomic mass is 9.61. The topological polar surface area (TPSA) is 40.9 Å². The fourth-order valence-electron chi connectivity index (χ4n) is 3.81. The highest BCUT2D eigenvalue weighted by Crippen LogP contribution is 2.49. The van der Waals surface area contributed by atoms with Crippen molar-refractivity contribution in [2.75, 3.05) is 0 Å². The molecule has 2 aliphatic rings. The van der Waals surface area contributed by atoms with Crippen LogP contribution in [0.4, 0.5) is 0 Å². The van der Waals surface area contributed by atoms with Gasteiger partial charge in [0.1, 0.15) is 5.41 Å². The first kappa shape index (κ1) is 14.7. The third kappa shape index (κ3) is 2.51. The second-order valence-electron chi connectivity index (χ2n) is 7.02. The van der Waals surface area contributed by atoms with Gasteiger partial charge < -0.3 is 0 Å². The SMILES string of the molecule is CC1(C)CCCC(C#N)(CC2Cc3ccccc3S2)C1=O. The zero-order valence-corrected chi connectivity index (χ0v) is 13.5. The third-order valence-electron chi connectivity index (χ3n) is 4.96. The normalized spacial score (nSPS) is 30.7. The molecule has 1 fully saturated rings. The highest BCUT2D eigenvalue weighted by molar-refractivity contribution is 8.00. The minimum Gasteiger partial charge on any atom is -0.297 e. The van der Waals surface area contributed by atoms with E-state index in [1.54, 1.807) is 0 Å². The van der Waals surface area contributed by atoms with Crippen molar-refractivity contribution in [3.63, 3.8) is 0 Å². The lowest BCUT2D eigenvalue weighted by Gasteiger charge is -2.40. The maximum absolute atomic E-state index is 12.8. The molecule has 3 heteroatoms. The number of rotatable bonds is 2. The van der Waals surface area contributed by atoms with Crippen LogP contribution in [0.3, 0.4) is 0 Å². The number of carbonyl (C=O) groups excluding carboxylic acids is 1. The number of thioether (sulfide) groups is 1. The van der Waals surface area contributed by atoms with Crippen molar-refractivity contribution >= 4 is 17.5 Å². The summed E-state index contributed by atoms with van der Waals surface area (Å²) in [6, 6.07) is 10.8. The smallest absolute Gasteiger partial charge is 0.158 e. The molecule has 0 aromatic heterocycles. The van der Waals surface area contributed by atoms with Gasteiger partial charge in [-0.1, -0.05) is 38.5 Å². The molecular weight excluding hydrogens is 278 g/mol. The molecule has 0 amide bonds. The monoisotopic (exact) mass is 299 g/mol. The maximum atomic E-state index is 12.8. The number of Topliss-reactive ketones (excluding diaryl/α,β-unsaturated/α-hetero) is 1. The van der Waals surface area contributed by atoms with E-state index in [4.69, 9.17) is 0 Å². The van der Waals surface area contributed by atoms with E-state index in [0.717, 1.165) is 25.7 Å². The van der Waals surface area contributed by atoms with Gasteiger partial charge in [0.05, 0.1) is 6.07 Å². The van der Waals surface area contributed by atoms with Crippen molar-refractivity contribution in [2.24, 2.45) is 10.8 Å². The molecule has 0 N–H and O–H groups in total. The molecule has 1 aliphatic heterocycles. The molecule has 2 nitrogen and oxygen atoms in total. The summed E-state index contributed by atoms with van der Waals surface area (Å²) < 4.78 is 0. The number of fused-ring (bicyclic) bond motifs is 1. The van der Waals surface area contributed by atoms with Crippen molar-refractivity contribution in [1.29, 1.82) is 5.26 Å². The first-order chi connectivity index (χ1) is 9.97. The van der Waals surface area contributed by atoms with Gasteiger partial charge in [0.25, 0.3) is 0 Å². The molecule has 1 aromatic rings. The summed E-state index contributed by atoms with van der Waals surface area (Å²) in [5.41, 5.74) is 0.258. The zero-order chi connectivity index (χ0) is 15.1. The summed E-state index contributed by atoms with van der Waals surface area (Å²) in [6.07, 6.45) is 4.31. The van der Waals surface area contributed by atoms with Crippen molar-refractivity contribution in [2.45, 2.75) is 56.1 Å². The van der Waals surface area contributed by atoms with Gasteiger partial charge in [-0.2, -0.15) is 5.26 Å². The highest BCUT2D eigenvalue weighted by Gasteiger charge is 2.50. The van der Waals surface area contributed by atoms with Crippen molar-refractivity contribution in [1.82, 2.24) is 0 Å².